The maximum atomic E-state index is 12.5. The van der Waals surface area contributed by atoms with Crippen molar-refractivity contribution >= 4 is 40.7 Å². The predicted molar refractivity (Wildman–Crippen MR) is 119 cm³/mol. The number of non-ortho nitro benzene ring substituents is 1. The van der Waals surface area contributed by atoms with E-state index in [0.717, 1.165) is 5.56 Å². The Kier molecular flexibility index (Phi) is 6.52. The Balaban J connectivity index is 1.34. The Morgan fingerprint density at radius 3 is 2.67 bits per heavy atom. The third-order valence-electron chi connectivity index (χ3n) is 4.40. The molecule has 0 saturated carbocycles. The lowest BCUT2D eigenvalue weighted by molar-refractivity contribution is -0.384. The van der Waals surface area contributed by atoms with Crippen LogP contribution in [0.3, 0.4) is 0 Å². The molecule has 2 aromatic heterocycles. The Labute approximate surface area is 196 Å². The van der Waals surface area contributed by atoms with E-state index in [-0.39, 0.29) is 34.8 Å². The van der Waals surface area contributed by atoms with Crippen LogP contribution in [0.1, 0.15) is 16.1 Å². The average molecular weight is 488 g/mol. The lowest BCUT2D eigenvalue weighted by Gasteiger charge is -2.07. The third kappa shape index (κ3) is 5.45. The number of carbonyl (C=O) groups is 1. The molecular formula is C20H15Cl2N7O4. The lowest BCUT2D eigenvalue weighted by Crippen LogP contribution is -2.15. The van der Waals surface area contributed by atoms with Crippen molar-refractivity contribution < 1.29 is 14.5 Å². The molecule has 168 valence electrons. The van der Waals surface area contributed by atoms with E-state index in [9.17, 15) is 14.9 Å². The number of anilines is 1. The number of benzene rings is 2. The fraction of sp³-hybridized carbons (Fsp3) is 0.100. The summed E-state index contributed by atoms with van der Waals surface area (Å²) in [4.78, 5) is 26.8. The Hall–Kier alpha value is -3.96. The highest BCUT2D eigenvalue weighted by molar-refractivity contribution is 6.32. The first-order valence-corrected chi connectivity index (χ1v) is 10.2. The van der Waals surface area contributed by atoms with Gasteiger partial charge in [-0.15, -0.1) is 5.10 Å². The van der Waals surface area contributed by atoms with E-state index in [0.29, 0.717) is 11.6 Å². The first kappa shape index (κ1) is 22.2. The summed E-state index contributed by atoms with van der Waals surface area (Å²) in [6, 6.07) is 12.7. The summed E-state index contributed by atoms with van der Waals surface area (Å²) < 4.78 is 8.44. The van der Waals surface area contributed by atoms with Crippen LogP contribution in [0.15, 0.2) is 61.1 Å². The molecule has 1 N–H and O–H groups in total. The number of nitrogens with one attached hydrogen (secondary N) is 1. The second-order valence-electron chi connectivity index (χ2n) is 6.70. The number of hydrogen-bond acceptors (Lipinski definition) is 7. The second kappa shape index (κ2) is 9.67. The number of rotatable bonds is 8. The molecule has 0 aliphatic rings. The van der Waals surface area contributed by atoms with E-state index < -0.39 is 10.8 Å². The van der Waals surface area contributed by atoms with E-state index in [1.807, 2.05) is 18.2 Å². The van der Waals surface area contributed by atoms with Crippen molar-refractivity contribution in [1.82, 2.24) is 24.5 Å². The summed E-state index contributed by atoms with van der Waals surface area (Å²) >= 11 is 12.2. The molecule has 13 heteroatoms. The molecule has 0 radical (unpaired) electrons. The maximum absolute atomic E-state index is 12.5. The zero-order valence-corrected chi connectivity index (χ0v) is 18.3. The number of carbonyl (C=O) groups excluding carboxylic acids is 1. The summed E-state index contributed by atoms with van der Waals surface area (Å²) in [5.74, 6) is -0.134. The quantitative estimate of drug-likeness (QED) is 0.293. The van der Waals surface area contributed by atoms with E-state index in [1.165, 1.54) is 41.5 Å². The van der Waals surface area contributed by atoms with Crippen molar-refractivity contribution in [1.29, 1.82) is 0 Å². The van der Waals surface area contributed by atoms with E-state index in [4.69, 9.17) is 27.9 Å². The molecule has 2 heterocycles. The van der Waals surface area contributed by atoms with Gasteiger partial charge in [-0.05, 0) is 23.8 Å². The summed E-state index contributed by atoms with van der Waals surface area (Å²) in [5, 5.41) is 22.4. The van der Waals surface area contributed by atoms with Gasteiger partial charge < -0.3 is 4.74 Å². The SMILES string of the molecule is O=C(Nc1ncn(Cc2ccccc2Cl)n1)c1ccn(COc2ccc([N+](=O)[O-])cc2Cl)n1. The number of hydrogen-bond donors (Lipinski definition) is 1. The van der Waals surface area contributed by atoms with Gasteiger partial charge in [-0.3, -0.25) is 20.2 Å². The monoisotopic (exact) mass is 487 g/mol. The molecule has 33 heavy (non-hydrogen) atoms. The average Bonchev–Trinajstić information content (AvgIpc) is 3.44. The number of amides is 1. The zero-order valence-electron chi connectivity index (χ0n) is 16.8. The number of nitro groups is 1. The van der Waals surface area contributed by atoms with Crippen LogP contribution in [0.25, 0.3) is 0 Å². The van der Waals surface area contributed by atoms with Crippen molar-refractivity contribution in [2.75, 3.05) is 5.32 Å². The van der Waals surface area contributed by atoms with Gasteiger partial charge in [0.05, 0.1) is 16.5 Å². The van der Waals surface area contributed by atoms with Crippen LogP contribution in [-0.2, 0) is 13.3 Å². The van der Waals surface area contributed by atoms with Crippen LogP contribution >= 0.6 is 23.2 Å². The third-order valence-corrected chi connectivity index (χ3v) is 5.07. The molecule has 4 aromatic rings. The van der Waals surface area contributed by atoms with Gasteiger partial charge in [-0.2, -0.15) is 5.10 Å². The van der Waals surface area contributed by atoms with Gasteiger partial charge in [-0.1, -0.05) is 41.4 Å². The smallest absolute Gasteiger partial charge is 0.278 e. The largest absolute Gasteiger partial charge is 0.470 e. The number of ether oxygens (including phenoxy) is 1. The molecule has 4 rings (SSSR count). The Morgan fingerprint density at radius 1 is 1.09 bits per heavy atom. The number of nitrogens with zero attached hydrogens (tertiary/aromatic N) is 6. The molecule has 0 bridgehead atoms. The number of halogens is 2. The van der Waals surface area contributed by atoms with E-state index in [2.05, 4.69) is 20.5 Å². The summed E-state index contributed by atoms with van der Waals surface area (Å²) in [6.45, 7) is 0.342. The fourth-order valence-electron chi connectivity index (χ4n) is 2.81. The molecule has 0 atom stereocenters. The van der Waals surface area contributed by atoms with Crippen molar-refractivity contribution in [3.05, 3.63) is 92.5 Å². The van der Waals surface area contributed by atoms with Crippen molar-refractivity contribution in [3.8, 4) is 5.75 Å². The maximum Gasteiger partial charge on any atom is 0.278 e. The standard InChI is InChI=1S/C20H15Cl2N7O4/c21-15-4-2-1-3-13(15)10-28-11-23-20(26-28)24-19(30)17-7-8-27(25-17)12-33-18-6-5-14(29(31)32)9-16(18)22/h1-9,11H,10,12H2,(H,24,26,30). The molecule has 0 saturated heterocycles. The molecule has 0 aliphatic heterocycles. The van der Waals surface area contributed by atoms with Gasteiger partial charge >= 0.3 is 0 Å². The van der Waals surface area contributed by atoms with Gasteiger partial charge in [0.1, 0.15) is 12.1 Å². The predicted octanol–water partition coefficient (Wildman–Crippen LogP) is 4.03. The zero-order chi connectivity index (χ0) is 23.4. The number of aromatic nitrogens is 5. The van der Waals surface area contributed by atoms with Crippen molar-refractivity contribution in [2.45, 2.75) is 13.3 Å². The van der Waals surface area contributed by atoms with Gasteiger partial charge in [-0.25, -0.2) is 14.3 Å². The van der Waals surface area contributed by atoms with Crippen LogP contribution in [0.4, 0.5) is 11.6 Å². The summed E-state index contributed by atoms with van der Waals surface area (Å²) in [6.07, 6.45) is 3.02. The highest BCUT2D eigenvalue weighted by atomic mass is 35.5. The number of nitro benzene ring substituents is 1. The molecule has 2 aromatic carbocycles. The molecule has 0 aliphatic carbocycles. The van der Waals surface area contributed by atoms with E-state index >= 15 is 0 Å². The molecule has 0 unspecified atom stereocenters. The Bertz CT molecular complexity index is 1320. The minimum atomic E-state index is -0.553. The summed E-state index contributed by atoms with van der Waals surface area (Å²) in [5.41, 5.74) is 0.845. The van der Waals surface area contributed by atoms with Crippen LogP contribution in [0, 0.1) is 10.1 Å². The Morgan fingerprint density at radius 2 is 1.91 bits per heavy atom. The second-order valence-corrected chi connectivity index (χ2v) is 7.51. The molecular weight excluding hydrogens is 473 g/mol. The highest BCUT2D eigenvalue weighted by Crippen LogP contribution is 2.28. The molecule has 1 amide bonds. The normalized spacial score (nSPS) is 10.7. The summed E-state index contributed by atoms with van der Waals surface area (Å²) in [7, 11) is 0. The van der Waals surface area contributed by atoms with Gasteiger partial charge in [0.15, 0.2) is 12.4 Å². The molecule has 0 fully saturated rings. The van der Waals surface area contributed by atoms with Crippen LogP contribution in [0.2, 0.25) is 10.0 Å². The highest BCUT2D eigenvalue weighted by Gasteiger charge is 2.14. The van der Waals surface area contributed by atoms with Gasteiger partial charge in [0, 0.05) is 23.4 Å². The van der Waals surface area contributed by atoms with Gasteiger partial charge in [0.2, 0.25) is 5.95 Å². The van der Waals surface area contributed by atoms with Crippen LogP contribution in [0.5, 0.6) is 5.75 Å². The first-order chi connectivity index (χ1) is 15.9. The fourth-order valence-corrected chi connectivity index (χ4v) is 3.23. The van der Waals surface area contributed by atoms with Crippen molar-refractivity contribution in [3.63, 3.8) is 0 Å². The van der Waals surface area contributed by atoms with Crippen molar-refractivity contribution in [2.24, 2.45) is 0 Å². The lowest BCUT2D eigenvalue weighted by atomic mass is 10.2. The molecule has 11 nitrogen and oxygen atoms in total. The topological polar surface area (TPSA) is 130 Å². The molecule has 0 spiro atoms. The minimum Gasteiger partial charge on any atom is -0.470 e. The van der Waals surface area contributed by atoms with Crippen LogP contribution < -0.4 is 10.1 Å². The minimum absolute atomic E-state index is 0.0600. The van der Waals surface area contributed by atoms with Crippen LogP contribution in [-0.4, -0.2) is 35.4 Å². The van der Waals surface area contributed by atoms with E-state index in [1.54, 1.807) is 10.7 Å². The first-order valence-electron chi connectivity index (χ1n) is 9.43. The van der Waals surface area contributed by atoms with Gasteiger partial charge in [0.25, 0.3) is 11.6 Å².